The molecule has 0 bridgehead atoms. The maximum absolute atomic E-state index is 16.4. The van der Waals surface area contributed by atoms with Crippen LogP contribution in [-0.2, 0) is 28.2 Å². The van der Waals surface area contributed by atoms with Crippen molar-refractivity contribution in [3.05, 3.63) is 157 Å². The van der Waals surface area contributed by atoms with Crippen LogP contribution in [0.4, 0.5) is 0 Å². The lowest BCUT2D eigenvalue weighted by Crippen LogP contribution is -2.54. The highest BCUT2D eigenvalue weighted by atomic mass is 31.2. The van der Waals surface area contributed by atoms with Gasteiger partial charge < -0.3 is 37.6 Å². The second kappa shape index (κ2) is 18.9. The Morgan fingerprint density at radius 3 is 0.919 bits per heavy atom. The van der Waals surface area contributed by atoms with Crippen LogP contribution in [0.1, 0.15) is 36.8 Å². The van der Waals surface area contributed by atoms with Crippen LogP contribution in [0.5, 0.6) is 23.0 Å². The Kier molecular flexibility index (Phi) is 13.4. The predicted molar refractivity (Wildman–Crippen MR) is 244 cm³/mol. The van der Waals surface area contributed by atoms with Crippen molar-refractivity contribution in [2.45, 2.75) is 25.7 Å². The second-order valence-electron chi connectivity index (χ2n) is 14.7. The first kappa shape index (κ1) is 44.0. The number of hydrogen-bond acceptors (Lipinski definition) is 10. The lowest BCUT2D eigenvalue weighted by molar-refractivity contribution is -0.171. The molecule has 6 aromatic rings. The fourth-order valence-corrected chi connectivity index (χ4v) is 14.5. The monoisotopic (exact) mass is 872 g/mol. The van der Waals surface area contributed by atoms with Crippen molar-refractivity contribution in [2.24, 2.45) is 11.8 Å². The molecule has 1 aliphatic rings. The third-order valence-corrected chi connectivity index (χ3v) is 18.0. The first-order chi connectivity index (χ1) is 30.1. The number of carbonyl (C=O) groups is 2. The van der Waals surface area contributed by atoms with Crippen LogP contribution in [-0.4, -0.2) is 53.6 Å². The molecule has 1 saturated carbocycles. The predicted octanol–water partition coefficient (Wildman–Crippen LogP) is 7.24. The number of esters is 2. The summed E-state index contributed by atoms with van der Waals surface area (Å²) in [5.41, 5.74) is 1.18. The minimum Gasteiger partial charge on any atom is -0.497 e. The normalized spacial score (nSPS) is 17.3. The molecule has 1 aliphatic carbocycles. The molecule has 0 aliphatic heterocycles. The number of hydrogen-bond donors (Lipinski definition) is 0. The van der Waals surface area contributed by atoms with E-state index in [0.717, 1.165) is 0 Å². The van der Waals surface area contributed by atoms with Crippen molar-refractivity contribution in [1.82, 2.24) is 0 Å². The van der Waals surface area contributed by atoms with Crippen molar-refractivity contribution in [1.29, 1.82) is 0 Å². The summed E-state index contributed by atoms with van der Waals surface area (Å²) in [6.07, 6.45) is 0. The van der Waals surface area contributed by atoms with Gasteiger partial charge in [-0.3, -0.25) is 9.59 Å². The summed E-state index contributed by atoms with van der Waals surface area (Å²) in [6, 6.07) is 43.2. The van der Waals surface area contributed by atoms with Crippen molar-refractivity contribution >= 4 is 58.0 Å². The molecule has 62 heavy (non-hydrogen) atoms. The van der Waals surface area contributed by atoms with E-state index >= 15 is 9.13 Å². The van der Waals surface area contributed by atoms with Crippen molar-refractivity contribution in [3.8, 4) is 23.0 Å². The van der Waals surface area contributed by atoms with E-state index in [9.17, 15) is 9.59 Å². The number of methoxy groups -OCH3 is 4. The molecule has 4 atom stereocenters. The van der Waals surface area contributed by atoms with E-state index in [-0.39, 0.29) is 13.2 Å². The summed E-state index contributed by atoms with van der Waals surface area (Å²) in [6.45, 7) is 3.57. The van der Waals surface area contributed by atoms with Gasteiger partial charge in [0.05, 0.1) is 53.5 Å². The van der Waals surface area contributed by atoms with Gasteiger partial charge in [0.15, 0.2) is 14.3 Å². The lowest BCUT2D eigenvalue weighted by atomic mass is 9.52. The largest absolute Gasteiger partial charge is 0.497 e. The molecule has 0 N–H and O–H groups in total. The van der Waals surface area contributed by atoms with Gasteiger partial charge in [0, 0.05) is 43.7 Å². The van der Waals surface area contributed by atoms with Gasteiger partial charge in [-0.1, -0.05) is 48.5 Å². The Balaban J connectivity index is 1.52. The van der Waals surface area contributed by atoms with Crippen molar-refractivity contribution < 1.29 is 47.1 Å². The van der Waals surface area contributed by atoms with Crippen LogP contribution in [0.3, 0.4) is 0 Å². The van der Waals surface area contributed by atoms with Crippen LogP contribution >= 0.6 is 14.3 Å². The van der Waals surface area contributed by atoms with Gasteiger partial charge in [-0.25, -0.2) is 0 Å². The molecule has 7 rings (SSSR count). The summed E-state index contributed by atoms with van der Waals surface area (Å²) >= 11 is 0. The number of ether oxygens (including phenoxy) is 6. The topological polar surface area (TPSA) is 124 Å². The van der Waals surface area contributed by atoms with Gasteiger partial charge in [-0.05, 0) is 122 Å². The van der Waals surface area contributed by atoms with Crippen LogP contribution in [0.2, 0.25) is 0 Å². The van der Waals surface area contributed by atoms with E-state index in [0.29, 0.717) is 66.0 Å². The Hall–Kier alpha value is -6.08. The van der Waals surface area contributed by atoms with Gasteiger partial charge in [0.25, 0.3) is 0 Å². The molecular weight excluding hydrogens is 822 g/mol. The SMILES string of the molecule is CCOC(=O)[C@H]1[C@H](C(=O)OCC)[C@H](c2ccccc2P(=O)(c2ccc(OC)cc2)c2ccc(OC)cc2)[C@H]1c1ccccc1P(=O)(c1ccc(OC)cc1)c1ccc(OC)cc1. The van der Waals surface area contributed by atoms with Gasteiger partial charge in [-0.2, -0.15) is 0 Å². The van der Waals surface area contributed by atoms with E-state index < -0.39 is 49.9 Å². The fourth-order valence-electron chi connectivity index (χ4n) is 8.72. The zero-order valence-electron chi connectivity index (χ0n) is 35.6. The molecule has 0 heterocycles. The van der Waals surface area contributed by atoms with Crippen molar-refractivity contribution in [3.63, 3.8) is 0 Å². The summed E-state index contributed by atoms with van der Waals surface area (Å²) < 4.78 is 66.2. The highest BCUT2D eigenvalue weighted by Gasteiger charge is 2.61. The molecule has 0 spiro atoms. The van der Waals surface area contributed by atoms with Gasteiger partial charge in [0.2, 0.25) is 0 Å². The molecule has 10 nitrogen and oxygen atoms in total. The summed E-state index contributed by atoms with van der Waals surface area (Å²) in [4.78, 5) is 28.8. The average molecular weight is 873 g/mol. The van der Waals surface area contributed by atoms with Crippen molar-refractivity contribution in [2.75, 3.05) is 41.7 Å². The maximum atomic E-state index is 16.4. The van der Waals surface area contributed by atoms with E-state index in [1.165, 1.54) is 0 Å². The summed E-state index contributed by atoms with van der Waals surface area (Å²) in [7, 11) is -1.26. The zero-order chi connectivity index (χ0) is 44.0. The van der Waals surface area contributed by atoms with Crippen LogP contribution in [0, 0.1) is 11.8 Å². The van der Waals surface area contributed by atoms with Crippen LogP contribution < -0.4 is 50.8 Å². The Morgan fingerprint density at radius 2 is 0.677 bits per heavy atom. The number of benzene rings is 6. The quantitative estimate of drug-likeness (QED) is 0.0727. The highest BCUT2D eigenvalue weighted by Crippen LogP contribution is 2.61. The Morgan fingerprint density at radius 1 is 0.419 bits per heavy atom. The van der Waals surface area contributed by atoms with Gasteiger partial charge in [0.1, 0.15) is 23.0 Å². The standard InChI is InChI=1S/C50H50O10P2/c1-7-59-49(51)47-45(41-13-9-11-15-43(41)61(53,37-25-17-33(55-3)18-26-37)38-27-19-34(56-4)20-28-38)46(48(47)50(52)60-8-2)42-14-10-12-16-44(42)62(54,39-29-21-35(57-5)22-30-39)40-31-23-36(58-6)24-32-40/h9-32,45-48H,7-8H2,1-6H3/t45-,46-,47-,48-/m1/s1. The van der Waals surface area contributed by atoms with E-state index in [1.54, 1.807) is 139 Å². The summed E-state index contributed by atoms with van der Waals surface area (Å²) in [5, 5.41) is 3.09. The zero-order valence-corrected chi connectivity index (χ0v) is 37.3. The molecule has 0 amide bonds. The first-order valence-electron chi connectivity index (χ1n) is 20.4. The van der Waals surface area contributed by atoms with E-state index in [2.05, 4.69) is 0 Å². The first-order valence-corrected chi connectivity index (χ1v) is 23.8. The summed E-state index contributed by atoms with van der Waals surface area (Å²) in [5.74, 6) is -2.46. The van der Waals surface area contributed by atoms with Crippen LogP contribution in [0.15, 0.2) is 146 Å². The third-order valence-electron chi connectivity index (χ3n) is 11.7. The molecular formula is C50H50O10P2. The smallest absolute Gasteiger partial charge is 0.310 e. The third kappa shape index (κ3) is 7.94. The fraction of sp³-hybridized carbons (Fsp3) is 0.240. The number of carbonyl (C=O) groups excluding carboxylic acids is 2. The molecule has 1 fully saturated rings. The minimum absolute atomic E-state index is 0.0703. The molecule has 0 aromatic heterocycles. The Bertz CT molecular complexity index is 2320. The van der Waals surface area contributed by atoms with Gasteiger partial charge in [-0.15, -0.1) is 0 Å². The van der Waals surface area contributed by atoms with Gasteiger partial charge >= 0.3 is 11.9 Å². The molecule has 320 valence electrons. The molecule has 0 saturated heterocycles. The maximum Gasteiger partial charge on any atom is 0.310 e. The lowest BCUT2D eigenvalue weighted by Gasteiger charge is -2.51. The highest BCUT2D eigenvalue weighted by molar-refractivity contribution is 7.85. The molecule has 6 aromatic carbocycles. The second-order valence-corrected chi connectivity index (χ2v) is 20.2. The molecule has 0 unspecified atom stereocenters. The molecule has 0 radical (unpaired) electrons. The Labute approximate surface area is 362 Å². The minimum atomic E-state index is -3.77. The number of rotatable bonds is 16. The molecule has 12 heteroatoms. The van der Waals surface area contributed by atoms with Crippen LogP contribution in [0.25, 0.3) is 0 Å². The van der Waals surface area contributed by atoms with E-state index in [4.69, 9.17) is 28.4 Å². The van der Waals surface area contributed by atoms with E-state index in [1.807, 2.05) is 48.5 Å². The average Bonchev–Trinajstić information content (AvgIpc) is 3.31.